The molecule has 106 valence electrons. The predicted molar refractivity (Wildman–Crippen MR) is 78.0 cm³/mol. The van der Waals surface area contributed by atoms with Gasteiger partial charge in [-0.25, -0.2) is 0 Å². The van der Waals surface area contributed by atoms with Crippen LogP contribution in [0.3, 0.4) is 0 Å². The highest BCUT2D eigenvalue weighted by Gasteiger charge is 2.27. The highest BCUT2D eigenvalue weighted by Crippen LogP contribution is 2.33. The van der Waals surface area contributed by atoms with Gasteiger partial charge in [0.15, 0.2) is 0 Å². The maximum absolute atomic E-state index is 12.2. The van der Waals surface area contributed by atoms with Crippen molar-refractivity contribution in [2.75, 3.05) is 6.54 Å². The van der Waals surface area contributed by atoms with Gasteiger partial charge in [-0.1, -0.05) is 0 Å². The van der Waals surface area contributed by atoms with Gasteiger partial charge in [-0.3, -0.25) is 9.48 Å². The van der Waals surface area contributed by atoms with Gasteiger partial charge < -0.3 is 10.3 Å². The van der Waals surface area contributed by atoms with Crippen LogP contribution in [0.1, 0.15) is 48.5 Å². The molecule has 0 saturated carbocycles. The molecule has 2 aromatic heterocycles. The molecular weight excluding hydrogens is 252 g/mol. The van der Waals surface area contributed by atoms with Crippen molar-refractivity contribution in [1.29, 1.82) is 0 Å². The highest BCUT2D eigenvalue weighted by molar-refractivity contribution is 5.84. The minimum Gasteiger partial charge on any atom is -0.309 e. The van der Waals surface area contributed by atoms with Crippen LogP contribution in [0, 0.1) is 0 Å². The highest BCUT2D eigenvalue weighted by atomic mass is 16.1. The fourth-order valence-electron chi connectivity index (χ4n) is 3.76. The van der Waals surface area contributed by atoms with Crippen molar-refractivity contribution in [3.05, 3.63) is 27.2 Å². The van der Waals surface area contributed by atoms with Crippen molar-refractivity contribution >= 4 is 11.0 Å². The molecule has 20 heavy (non-hydrogen) atoms. The quantitative estimate of drug-likeness (QED) is 0.828. The van der Waals surface area contributed by atoms with Gasteiger partial charge in [-0.05, 0) is 50.6 Å². The molecule has 5 heteroatoms. The van der Waals surface area contributed by atoms with E-state index < -0.39 is 0 Å². The van der Waals surface area contributed by atoms with Gasteiger partial charge in [0, 0.05) is 18.0 Å². The average molecular weight is 272 g/mol. The van der Waals surface area contributed by atoms with Gasteiger partial charge in [-0.15, -0.1) is 0 Å². The van der Waals surface area contributed by atoms with Crippen molar-refractivity contribution in [1.82, 2.24) is 20.1 Å². The van der Waals surface area contributed by atoms with Gasteiger partial charge in [0.05, 0.1) is 11.7 Å². The Kier molecular flexibility index (Phi) is 2.70. The van der Waals surface area contributed by atoms with E-state index in [2.05, 4.69) is 10.3 Å². The molecular formula is C15H20N4O. The molecule has 0 amide bonds. The first-order valence-electron chi connectivity index (χ1n) is 7.59. The number of aromatic amines is 1. The Morgan fingerprint density at radius 3 is 2.75 bits per heavy atom. The normalized spacial score (nSPS) is 22.4. The lowest BCUT2D eigenvalue weighted by Crippen LogP contribution is -2.20. The number of fused-ring (bicyclic) bond motifs is 3. The average Bonchev–Trinajstić information content (AvgIpc) is 3.08. The third kappa shape index (κ3) is 1.66. The van der Waals surface area contributed by atoms with Crippen molar-refractivity contribution < 1.29 is 0 Å². The Bertz CT molecular complexity index is 722. The molecule has 1 atom stereocenters. The number of nitrogens with one attached hydrogen (secondary N) is 2. The van der Waals surface area contributed by atoms with Crippen LogP contribution in [0.4, 0.5) is 0 Å². The van der Waals surface area contributed by atoms with Gasteiger partial charge in [0.2, 0.25) is 0 Å². The molecule has 1 aliphatic carbocycles. The van der Waals surface area contributed by atoms with Crippen LogP contribution >= 0.6 is 0 Å². The summed E-state index contributed by atoms with van der Waals surface area (Å²) in [5.74, 6) is 0. The van der Waals surface area contributed by atoms with Crippen LogP contribution in [0.15, 0.2) is 4.79 Å². The number of nitrogens with zero attached hydrogens (tertiary/aromatic N) is 2. The number of hydrogen-bond donors (Lipinski definition) is 2. The minimum absolute atomic E-state index is 0.0844. The summed E-state index contributed by atoms with van der Waals surface area (Å²) in [6, 6.07) is 0.343. The van der Waals surface area contributed by atoms with E-state index in [0.717, 1.165) is 49.1 Å². The topological polar surface area (TPSA) is 62.7 Å². The summed E-state index contributed by atoms with van der Waals surface area (Å²) in [4.78, 5) is 15.3. The largest absolute Gasteiger partial charge is 0.309 e. The molecule has 1 aliphatic heterocycles. The van der Waals surface area contributed by atoms with Gasteiger partial charge in [0.25, 0.3) is 5.56 Å². The Labute approximate surface area is 117 Å². The molecule has 1 fully saturated rings. The van der Waals surface area contributed by atoms with Crippen LogP contribution in [-0.4, -0.2) is 21.3 Å². The molecule has 1 saturated heterocycles. The molecule has 4 rings (SSSR count). The fourth-order valence-corrected chi connectivity index (χ4v) is 3.76. The molecule has 0 bridgehead atoms. The van der Waals surface area contributed by atoms with Crippen LogP contribution in [0.2, 0.25) is 0 Å². The van der Waals surface area contributed by atoms with E-state index in [1.165, 1.54) is 23.8 Å². The number of rotatable bonds is 1. The zero-order valence-electron chi connectivity index (χ0n) is 11.8. The van der Waals surface area contributed by atoms with Gasteiger partial charge in [-0.2, -0.15) is 5.10 Å². The molecule has 2 aromatic rings. The van der Waals surface area contributed by atoms with E-state index in [-0.39, 0.29) is 5.56 Å². The van der Waals surface area contributed by atoms with Gasteiger partial charge in [0.1, 0.15) is 5.65 Å². The van der Waals surface area contributed by atoms with Crippen LogP contribution < -0.4 is 10.9 Å². The van der Waals surface area contributed by atoms with E-state index in [1.807, 2.05) is 11.7 Å². The molecule has 2 aliphatic rings. The van der Waals surface area contributed by atoms with E-state index >= 15 is 0 Å². The van der Waals surface area contributed by atoms with Crippen LogP contribution in [0.25, 0.3) is 11.0 Å². The van der Waals surface area contributed by atoms with Crippen molar-refractivity contribution in [3.8, 4) is 0 Å². The van der Waals surface area contributed by atoms with Crippen LogP contribution in [0.5, 0.6) is 0 Å². The number of H-pyrrole nitrogens is 1. The fraction of sp³-hybridized carbons (Fsp3) is 0.600. The Hall–Kier alpha value is -1.62. The first-order valence-corrected chi connectivity index (χ1v) is 7.59. The molecule has 1 unspecified atom stereocenters. The SMILES string of the molecule is Cn1nc(C2CCCN2)c2c3c(c(=O)[nH]c21)CCCC3. The molecule has 3 heterocycles. The third-order valence-electron chi connectivity index (χ3n) is 4.74. The number of aryl methyl sites for hydroxylation is 2. The Balaban J connectivity index is 2.03. The molecule has 0 spiro atoms. The maximum atomic E-state index is 12.2. The summed E-state index contributed by atoms with van der Waals surface area (Å²) in [6.07, 6.45) is 6.57. The number of aromatic nitrogens is 3. The zero-order chi connectivity index (χ0) is 13.7. The van der Waals surface area contributed by atoms with E-state index in [4.69, 9.17) is 5.10 Å². The van der Waals surface area contributed by atoms with Gasteiger partial charge >= 0.3 is 0 Å². The Morgan fingerprint density at radius 2 is 2.00 bits per heavy atom. The van der Waals surface area contributed by atoms with Crippen molar-refractivity contribution in [2.24, 2.45) is 7.05 Å². The van der Waals surface area contributed by atoms with Crippen molar-refractivity contribution in [3.63, 3.8) is 0 Å². The van der Waals surface area contributed by atoms with Crippen LogP contribution in [-0.2, 0) is 19.9 Å². The standard InChI is InChI=1S/C15H20N4O/c1-19-14-12(13(18-19)11-7-4-8-16-11)9-5-2-3-6-10(9)15(20)17-14/h11,16H,2-8H2,1H3,(H,17,20). The predicted octanol–water partition coefficient (Wildman–Crippen LogP) is 1.56. The molecule has 5 nitrogen and oxygen atoms in total. The molecule has 0 radical (unpaired) electrons. The first-order chi connectivity index (χ1) is 9.75. The zero-order valence-corrected chi connectivity index (χ0v) is 11.8. The summed E-state index contributed by atoms with van der Waals surface area (Å²) in [5, 5.41) is 9.45. The summed E-state index contributed by atoms with van der Waals surface area (Å²) in [5.41, 5.74) is 4.36. The summed E-state index contributed by atoms with van der Waals surface area (Å²) in [7, 11) is 1.92. The van der Waals surface area contributed by atoms with E-state index in [9.17, 15) is 4.79 Å². The number of pyridine rings is 1. The smallest absolute Gasteiger partial charge is 0.253 e. The summed E-state index contributed by atoms with van der Waals surface area (Å²) in [6.45, 7) is 1.06. The lowest BCUT2D eigenvalue weighted by atomic mass is 9.89. The second-order valence-corrected chi connectivity index (χ2v) is 6.00. The second kappa shape index (κ2) is 4.45. The maximum Gasteiger partial charge on any atom is 0.253 e. The molecule has 0 aromatic carbocycles. The second-order valence-electron chi connectivity index (χ2n) is 6.00. The lowest BCUT2D eigenvalue weighted by molar-refractivity contribution is 0.610. The number of hydrogen-bond acceptors (Lipinski definition) is 3. The van der Waals surface area contributed by atoms with E-state index in [1.54, 1.807) is 0 Å². The minimum atomic E-state index is 0.0844. The summed E-state index contributed by atoms with van der Waals surface area (Å²) < 4.78 is 1.83. The molecule has 2 N–H and O–H groups in total. The Morgan fingerprint density at radius 1 is 1.20 bits per heavy atom. The lowest BCUT2D eigenvalue weighted by Gasteiger charge is -2.17. The summed E-state index contributed by atoms with van der Waals surface area (Å²) >= 11 is 0. The van der Waals surface area contributed by atoms with E-state index in [0.29, 0.717) is 6.04 Å². The van der Waals surface area contributed by atoms with Crippen molar-refractivity contribution in [2.45, 2.75) is 44.6 Å². The monoisotopic (exact) mass is 272 g/mol. The first kappa shape index (κ1) is 12.1. The third-order valence-corrected chi connectivity index (χ3v) is 4.74.